The number of rotatable bonds is 4. The zero-order chi connectivity index (χ0) is 18.4. The molecule has 0 saturated carbocycles. The number of hydrogen-bond acceptors (Lipinski definition) is 3. The number of hydrogen-bond donors (Lipinski definition) is 3. The first-order valence-electron chi connectivity index (χ1n) is 7.69. The molecule has 130 valence electrons. The number of fused-ring (bicyclic) bond motifs is 1. The van der Waals surface area contributed by atoms with Crippen LogP contribution in [-0.4, -0.2) is 24.5 Å². The van der Waals surface area contributed by atoms with E-state index in [4.69, 9.17) is 10.2 Å². The van der Waals surface area contributed by atoms with Gasteiger partial charge in [-0.25, -0.2) is 18.4 Å². The summed E-state index contributed by atoms with van der Waals surface area (Å²) in [7, 11) is -3.82. The average molecular weight is 358 g/mol. The predicted molar refractivity (Wildman–Crippen MR) is 96.2 cm³/mol. The maximum Gasteiger partial charge on any atom is 0.352 e. The predicted octanol–water partition coefficient (Wildman–Crippen LogP) is 3.30. The summed E-state index contributed by atoms with van der Waals surface area (Å²) in [5, 5.41) is 15.1. The molecule has 0 spiro atoms. The SMILES string of the molecule is CC(C)c1cc(-c2ccc3[nH]c(C(=O)O)cc3c2)cc(S(N)(=O)=O)c1. The Morgan fingerprint density at radius 2 is 1.80 bits per heavy atom. The number of benzene rings is 2. The Morgan fingerprint density at radius 1 is 1.08 bits per heavy atom. The molecule has 0 bridgehead atoms. The van der Waals surface area contributed by atoms with Gasteiger partial charge in [-0.05, 0) is 52.9 Å². The fourth-order valence-corrected chi connectivity index (χ4v) is 3.31. The quantitative estimate of drug-likeness (QED) is 0.664. The van der Waals surface area contributed by atoms with Gasteiger partial charge in [0.05, 0.1) is 4.90 Å². The molecule has 25 heavy (non-hydrogen) atoms. The van der Waals surface area contributed by atoms with Crippen molar-refractivity contribution in [2.75, 3.05) is 0 Å². The van der Waals surface area contributed by atoms with Gasteiger partial charge in [0.25, 0.3) is 0 Å². The van der Waals surface area contributed by atoms with E-state index in [9.17, 15) is 13.2 Å². The first-order chi connectivity index (χ1) is 11.6. The zero-order valence-corrected chi connectivity index (χ0v) is 14.6. The van der Waals surface area contributed by atoms with Gasteiger partial charge >= 0.3 is 5.97 Å². The monoisotopic (exact) mass is 358 g/mol. The van der Waals surface area contributed by atoms with Crippen LogP contribution in [0.25, 0.3) is 22.0 Å². The largest absolute Gasteiger partial charge is 0.477 e. The molecule has 0 aliphatic rings. The van der Waals surface area contributed by atoms with Gasteiger partial charge < -0.3 is 10.1 Å². The second-order valence-electron chi connectivity index (χ2n) is 6.28. The van der Waals surface area contributed by atoms with Crippen LogP contribution in [0.15, 0.2) is 47.4 Å². The Hall–Kier alpha value is -2.64. The molecule has 0 amide bonds. The van der Waals surface area contributed by atoms with Crippen LogP contribution >= 0.6 is 0 Å². The van der Waals surface area contributed by atoms with Crippen molar-refractivity contribution in [2.24, 2.45) is 5.14 Å². The van der Waals surface area contributed by atoms with Crippen LogP contribution < -0.4 is 5.14 Å². The molecule has 4 N–H and O–H groups in total. The van der Waals surface area contributed by atoms with Crippen LogP contribution in [0.1, 0.15) is 35.8 Å². The van der Waals surface area contributed by atoms with Crippen molar-refractivity contribution in [3.63, 3.8) is 0 Å². The van der Waals surface area contributed by atoms with Crippen molar-refractivity contribution in [1.82, 2.24) is 4.98 Å². The van der Waals surface area contributed by atoms with E-state index in [1.807, 2.05) is 32.0 Å². The molecule has 7 heteroatoms. The van der Waals surface area contributed by atoms with Crippen LogP contribution in [0.4, 0.5) is 0 Å². The van der Waals surface area contributed by atoms with Gasteiger partial charge in [-0.15, -0.1) is 0 Å². The second-order valence-corrected chi connectivity index (χ2v) is 7.84. The molecule has 0 fully saturated rings. The van der Waals surface area contributed by atoms with Crippen LogP contribution in [0.3, 0.4) is 0 Å². The zero-order valence-electron chi connectivity index (χ0n) is 13.8. The van der Waals surface area contributed by atoms with E-state index >= 15 is 0 Å². The summed E-state index contributed by atoms with van der Waals surface area (Å²) in [6.07, 6.45) is 0. The van der Waals surface area contributed by atoms with E-state index in [1.54, 1.807) is 18.2 Å². The summed E-state index contributed by atoms with van der Waals surface area (Å²) in [6, 6.07) is 12.0. The van der Waals surface area contributed by atoms with Gasteiger partial charge in [0.1, 0.15) is 5.69 Å². The van der Waals surface area contributed by atoms with Gasteiger partial charge in [-0.2, -0.15) is 0 Å². The highest BCUT2D eigenvalue weighted by molar-refractivity contribution is 7.89. The number of aromatic nitrogens is 1. The number of aromatic carboxylic acids is 1. The van der Waals surface area contributed by atoms with Crippen LogP contribution in [-0.2, 0) is 10.0 Å². The van der Waals surface area contributed by atoms with Crippen LogP contribution in [0.2, 0.25) is 0 Å². The molecule has 1 heterocycles. The van der Waals surface area contributed by atoms with Crippen molar-refractivity contribution in [3.8, 4) is 11.1 Å². The summed E-state index contributed by atoms with van der Waals surface area (Å²) in [4.78, 5) is 14.0. The van der Waals surface area contributed by atoms with Gasteiger partial charge in [0, 0.05) is 10.9 Å². The third-order valence-corrected chi connectivity index (χ3v) is 5.00. The minimum atomic E-state index is -3.82. The first-order valence-corrected chi connectivity index (χ1v) is 9.24. The molecule has 0 atom stereocenters. The average Bonchev–Trinajstić information content (AvgIpc) is 2.97. The molecule has 1 aromatic heterocycles. The summed E-state index contributed by atoms with van der Waals surface area (Å²) >= 11 is 0. The maximum absolute atomic E-state index is 11.8. The number of carboxylic acids is 1. The van der Waals surface area contributed by atoms with E-state index in [2.05, 4.69) is 4.98 Å². The summed E-state index contributed by atoms with van der Waals surface area (Å²) in [6.45, 7) is 3.95. The van der Waals surface area contributed by atoms with Crippen molar-refractivity contribution in [3.05, 3.63) is 53.7 Å². The Labute approximate surface area is 145 Å². The van der Waals surface area contributed by atoms with Gasteiger partial charge in [0.15, 0.2) is 0 Å². The van der Waals surface area contributed by atoms with Gasteiger partial charge in [-0.1, -0.05) is 26.0 Å². The maximum atomic E-state index is 11.8. The van der Waals surface area contributed by atoms with Crippen LogP contribution in [0.5, 0.6) is 0 Å². The number of nitrogens with one attached hydrogen (secondary N) is 1. The lowest BCUT2D eigenvalue weighted by atomic mass is 9.97. The van der Waals surface area contributed by atoms with E-state index < -0.39 is 16.0 Å². The molecular weight excluding hydrogens is 340 g/mol. The lowest BCUT2D eigenvalue weighted by Gasteiger charge is -2.12. The molecule has 0 radical (unpaired) electrons. The highest BCUT2D eigenvalue weighted by Gasteiger charge is 2.14. The smallest absolute Gasteiger partial charge is 0.352 e. The van der Waals surface area contributed by atoms with E-state index in [-0.39, 0.29) is 16.5 Å². The Balaban J connectivity index is 2.19. The number of aromatic amines is 1. The third kappa shape index (κ3) is 3.42. The Bertz CT molecular complexity index is 1080. The highest BCUT2D eigenvalue weighted by Crippen LogP contribution is 2.30. The first kappa shape index (κ1) is 17.2. The normalized spacial score (nSPS) is 12.0. The third-order valence-electron chi connectivity index (χ3n) is 4.11. The molecule has 6 nitrogen and oxygen atoms in total. The number of H-pyrrole nitrogens is 1. The van der Waals surface area contributed by atoms with Crippen molar-refractivity contribution in [1.29, 1.82) is 0 Å². The fourth-order valence-electron chi connectivity index (χ4n) is 2.71. The number of primary sulfonamides is 1. The van der Waals surface area contributed by atoms with Gasteiger partial charge in [0.2, 0.25) is 10.0 Å². The molecular formula is C18H18N2O4S. The molecule has 0 aliphatic heterocycles. The highest BCUT2D eigenvalue weighted by atomic mass is 32.2. The molecule has 3 aromatic rings. The molecule has 0 unspecified atom stereocenters. The molecule has 0 saturated heterocycles. The second kappa shape index (κ2) is 6.02. The van der Waals surface area contributed by atoms with Crippen molar-refractivity contribution >= 4 is 26.9 Å². The Morgan fingerprint density at radius 3 is 2.40 bits per heavy atom. The molecule has 2 aromatic carbocycles. The molecule has 0 aliphatic carbocycles. The number of nitrogens with two attached hydrogens (primary N) is 1. The number of sulfonamides is 1. The number of carboxylic acid groups (broad SMARTS) is 1. The summed E-state index contributed by atoms with van der Waals surface area (Å²) < 4.78 is 23.6. The van der Waals surface area contributed by atoms with E-state index in [0.29, 0.717) is 5.52 Å². The number of carbonyl (C=O) groups is 1. The van der Waals surface area contributed by atoms with Gasteiger partial charge in [-0.3, -0.25) is 0 Å². The lowest BCUT2D eigenvalue weighted by molar-refractivity contribution is 0.0691. The van der Waals surface area contributed by atoms with Crippen molar-refractivity contribution < 1.29 is 18.3 Å². The summed E-state index contributed by atoms with van der Waals surface area (Å²) in [5.41, 5.74) is 3.18. The fraction of sp³-hybridized carbons (Fsp3) is 0.167. The summed E-state index contributed by atoms with van der Waals surface area (Å²) in [5.74, 6) is -0.897. The van der Waals surface area contributed by atoms with E-state index in [1.165, 1.54) is 6.07 Å². The van der Waals surface area contributed by atoms with Crippen molar-refractivity contribution in [2.45, 2.75) is 24.7 Å². The lowest BCUT2D eigenvalue weighted by Crippen LogP contribution is -2.12. The van der Waals surface area contributed by atoms with Crippen LogP contribution in [0, 0.1) is 0 Å². The Kier molecular flexibility index (Phi) is 4.14. The minimum Gasteiger partial charge on any atom is -0.477 e. The standard InChI is InChI=1S/C18H18N2O4S/c1-10(2)12-6-13(8-15(7-12)25(19,23)24)11-3-4-16-14(5-11)9-17(20-16)18(21)22/h3-10,20H,1-2H3,(H,21,22)(H2,19,23,24). The van der Waals surface area contributed by atoms with E-state index in [0.717, 1.165) is 22.1 Å². The molecule has 3 rings (SSSR count). The minimum absolute atomic E-state index is 0.0640. The topological polar surface area (TPSA) is 113 Å².